The van der Waals surface area contributed by atoms with Crippen molar-refractivity contribution in [3.63, 3.8) is 0 Å². The summed E-state index contributed by atoms with van der Waals surface area (Å²) in [5, 5.41) is 11.5. The normalized spacial score (nSPS) is 23.1. The van der Waals surface area contributed by atoms with E-state index in [2.05, 4.69) is 34.6 Å². The summed E-state index contributed by atoms with van der Waals surface area (Å²) in [5.74, 6) is 2.95. The van der Waals surface area contributed by atoms with E-state index in [0.29, 0.717) is 11.5 Å². The second-order valence-corrected chi connectivity index (χ2v) is 7.39. The third kappa shape index (κ3) is 3.90. The fraction of sp³-hybridized carbons (Fsp3) is 0.833. The van der Waals surface area contributed by atoms with Gasteiger partial charge >= 0.3 is 0 Å². The Morgan fingerprint density at radius 3 is 2.83 bits per heavy atom. The molecule has 3 rings (SSSR count). The summed E-state index contributed by atoms with van der Waals surface area (Å²) in [6.45, 7) is 9.12. The molecule has 24 heavy (non-hydrogen) atoms. The van der Waals surface area contributed by atoms with Crippen LogP contribution in [0, 0.1) is 12.3 Å². The van der Waals surface area contributed by atoms with Crippen LogP contribution in [0.5, 0.6) is 0 Å². The highest BCUT2D eigenvalue weighted by atomic mass is 15.4. The zero-order chi connectivity index (χ0) is 17.0. The van der Waals surface area contributed by atoms with Gasteiger partial charge in [-0.15, -0.1) is 0 Å². The molecule has 0 aromatic carbocycles. The van der Waals surface area contributed by atoms with Crippen molar-refractivity contribution >= 4 is 5.96 Å². The van der Waals surface area contributed by atoms with Gasteiger partial charge in [0.05, 0.1) is 6.54 Å². The van der Waals surface area contributed by atoms with Crippen LogP contribution in [0.15, 0.2) is 4.99 Å². The first-order valence-electron chi connectivity index (χ1n) is 9.59. The molecule has 0 spiro atoms. The average molecular weight is 332 g/mol. The number of aryl methyl sites for hydroxylation is 2. The molecule has 2 N–H and O–H groups in total. The van der Waals surface area contributed by atoms with E-state index < -0.39 is 0 Å². The maximum atomic E-state index is 4.94. The van der Waals surface area contributed by atoms with Crippen molar-refractivity contribution in [3.8, 4) is 0 Å². The van der Waals surface area contributed by atoms with E-state index in [1.54, 1.807) is 0 Å². The lowest BCUT2D eigenvalue weighted by Gasteiger charge is -2.28. The van der Waals surface area contributed by atoms with E-state index in [1.165, 1.54) is 32.1 Å². The summed E-state index contributed by atoms with van der Waals surface area (Å²) in [5.41, 5.74) is 0.436. The van der Waals surface area contributed by atoms with Gasteiger partial charge in [0.2, 0.25) is 0 Å². The highest BCUT2D eigenvalue weighted by Gasteiger charge is 2.32. The molecule has 0 bridgehead atoms. The molecule has 2 heterocycles. The van der Waals surface area contributed by atoms with Crippen LogP contribution in [0.25, 0.3) is 0 Å². The number of nitrogens with one attached hydrogen (secondary N) is 2. The maximum Gasteiger partial charge on any atom is 0.191 e. The van der Waals surface area contributed by atoms with Gasteiger partial charge in [0, 0.05) is 25.6 Å². The Bertz CT molecular complexity index is 570. The van der Waals surface area contributed by atoms with Crippen LogP contribution in [0.4, 0.5) is 0 Å². The summed E-state index contributed by atoms with van der Waals surface area (Å²) < 4.78 is 2.05. The first-order chi connectivity index (χ1) is 11.6. The van der Waals surface area contributed by atoms with Crippen molar-refractivity contribution in [3.05, 3.63) is 11.6 Å². The molecule has 1 atom stereocenters. The Morgan fingerprint density at radius 2 is 2.12 bits per heavy atom. The first-order valence-corrected chi connectivity index (χ1v) is 9.59. The van der Waals surface area contributed by atoms with Gasteiger partial charge in [-0.05, 0) is 44.9 Å². The molecule has 1 aromatic rings. The van der Waals surface area contributed by atoms with Crippen molar-refractivity contribution in [2.24, 2.45) is 10.4 Å². The largest absolute Gasteiger partial charge is 0.357 e. The molecule has 1 aliphatic carbocycles. The van der Waals surface area contributed by atoms with E-state index >= 15 is 0 Å². The monoisotopic (exact) mass is 332 g/mol. The lowest BCUT2D eigenvalue weighted by molar-refractivity contribution is 0.296. The lowest BCUT2D eigenvalue weighted by Crippen LogP contribution is -2.47. The maximum absolute atomic E-state index is 4.94. The zero-order valence-corrected chi connectivity index (χ0v) is 15.4. The summed E-state index contributed by atoms with van der Waals surface area (Å²) in [6.07, 6.45) is 8.70. The molecular formula is C18H32N6. The van der Waals surface area contributed by atoms with Crippen molar-refractivity contribution in [2.75, 3.05) is 13.1 Å². The van der Waals surface area contributed by atoms with Crippen LogP contribution < -0.4 is 10.6 Å². The predicted molar refractivity (Wildman–Crippen MR) is 97.2 cm³/mol. The highest BCUT2D eigenvalue weighted by molar-refractivity contribution is 5.80. The molecule has 134 valence electrons. The van der Waals surface area contributed by atoms with Gasteiger partial charge in [-0.1, -0.05) is 19.8 Å². The van der Waals surface area contributed by atoms with Gasteiger partial charge in [-0.2, -0.15) is 5.10 Å². The minimum Gasteiger partial charge on any atom is -0.357 e. The fourth-order valence-electron chi connectivity index (χ4n) is 4.06. The standard InChI is InChI=1S/C18H32N6/c1-4-18(10-6-7-11-18)13-20-17(19-5-2)22-15-8-9-16-21-14(3)23-24(16)12-15/h15H,4-13H2,1-3H3,(H2,19,20,22). The van der Waals surface area contributed by atoms with E-state index in [0.717, 1.165) is 50.1 Å². The molecule has 0 amide bonds. The number of aromatic nitrogens is 3. The van der Waals surface area contributed by atoms with Gasteiger partial charge in [-0.3, -0.25) is 4.99 Å². The SMILES string of the molecule is CCNC(=NCC1(CC)CCCC1)NC1CCc2nc(C)nn2C1. The Kier molecular flexibility index (Phi) is 5.41. The summed E-state index contributed by atoms with van der Waals surface area (Å²) in [4.78, 5) is 9.43. The molecule has 1 saturated carbocycles. The molecule has 0 saturated heterocycles. The zero-order valence-electron chi connectivity index (χ0n) is 15.4. The molecule has 1 aromatic heterocycles. The molecule has 1 fully saturated rings. The number of aliphatic imine (C=N–C) groups is 1. The number of nitrogens with zero attached hydrogens (tertiary/aromatic N) is 4. The third-order valence-electron chi connectivity index (χ3n) is 5.64. The van der Waals surface area contributed by atoms with Crippen LogP contribution in [0.1, 0.15) is 64.0 Å². The molecule has 2 aliphatic rings. The van der Waals surface area contributed by atoms with Gasteiger partial charge in [-0.25, -0.2) is 9.67 Å². The van der Waals surface area contributed by atoms with Crippen molar-refractivity contribution < 1.29 is 0 Å². The van der Waals surface area contributed by atoms with Crippen LogP contribution in [0.3, 0.4) is 0 Å². The number of hydrogen-bond donors (Lipinski definition) is 2. The first kappa shape index (κ1) is 17.2. The quantitative estimate of drug-likeness (QED) is 0.642. The van der Waals surface area contributed by atoms with Crippen LogP contribution in [-0.2, 0) is 13.0 Å². The second kappa shape index (κ2) is 7.53. The summed E-state index contributed by atoms with van der Waals surface area (Å²) in [6, 6.07) is 0.373. The fourth-order valence-corrected chi connectivity index (χ4v) is 4.06. The smallest absolute Gasteiger partial charge is 0.191 e. The molecule has 1 unspecified atom stereocenters. The predicted octanol–water partition coefficient (Wildman–Crippen LogP) is 2.43. The number of rotatable bonds is 5. The Morgan fingerprint density at radius 1 is 1.33 bits per heavy atom. The Hall–Kier alpha value is -1.59. The summed E-state index contributed by atoms with van der Waals surface area (Å²) >= 11 is 0. The highest BCUT2D eigenvalue weighted by Crippen LogP contribution is 2.41. The molecule has 6 nitrogen and oxygen atoms in total. The van der Waals surface area contributed by atoms with E-state index in [9.17, 15) is 0 Å². The van der Waals surface area contributed by atoms with E-state index in [1.807, 2.05) is 11.6 Å². The van der Waals surface area contributed by atoms with Gasteiger partial charge in [0.1, 0.15) is 11.6 Å². The average Bonchev–Trinajstić information content (AvgIpc) is 3.18. The minimum absolute atomic E-state index is 0.373. The van der Waals surface area contributed by atoms with Crippen molar-refractivity contribution in [1.29, 1.82) is 0 Å². The van der Waals surface area contributed by atoms with Crippen LogP contribution in [-0.4, -0.2) is 39.9 Å². The van der Waals surface area contributed by atoms with Crippen molar-refractivity contribution in [1.82, 2.24) is 25.4 Å². The third-order valence-corrected chi connectivity index (χ3v) is 5.64. The molecular weight excluding hydrogens is 300 g/mol. The number of guanidine groups is 1. The number of hydrogen-bond acceptors (Lipinski definition) is 3. The molecule has 0 radical (unpaired) electrons. The minimum atomic E-state index is 0.373. The molecule has 6 heteroatoms. The Balaban J connectivity index is 1.62. The van der Waals surface area contributed by atoms with Gasteiger partial charge < -0.3 is 10.6 Å². The van der Waals surface area contributed by atoms with Crippen LogP contribution in [0.2, 0.25) is 0 Å². The summed E-state index contributed by atoms with van der Waals surface area (Å²) in [7, 11) is 0. The van der Waals surface area contributed by atoms with E-state index in [-0.39, 0.29) is 0 Å². The van der Waals surface area contributed by atoms with Crippen molar-refractivity contribution in [2.45, 2.75) is 78.3 Å². The van der Waals surface area contributed by atoms with Gasteiger partial charge in [0.25, 0.3) is 0 Å². The lowest BCUT2D eigenvalue weighted by atomic mass is 9.84. The number of fused-ring (bicyclic) bond motifs is 1. The van der Waals surface area contributed by atoms with E-state index in [4.69, 9.17) is 4.99 Å². The second-order valence-electron chi connectivity index (χ2n) is 7.39. The van der Waals surface area contributed by atoms with Gasteiger partial charge in [0.15, 0.2) is 5.96 Å². The van der Waals surface area contributed by atoms with Crippen LogP contribution >= 0.6 is 0 Å². The Labute approximate surface area is 145 Å². The molecule has 1 aliphatic heterocycles. The topological polar surface area (TPSA) is 67.1 Å².